The van der Waals surface area contributed by atoms with Crippen LogP contribution in [0.2, 0.25) is 0 Å². The monoisotopic (exact) mass is 562 g/mol. The fourth-order valence-electron chi connectivity index (χ4n) is 6.20. The molecular formula is C30H35FN6O4. The number of carbonyl (C=O) groups is 1. The minimum atomic E-state index is -1.11. The van der Waals surface area contributed by atoms with Crippen molar-refractivity contribution in [2.75, 3.05) is 13.1 Å². The van der Waals surface area contributed by atoms with Crippen LogP contribution >= 0.6 is 0 Å². The first-order chi connectivity index (χ1) is 19.7. The highest BCUT2D eigenvalue weighted by Gasteiger charge is 2.37. The molecule has 1 aliphatic heterocycles. The molecule has 10 nitrogen and oxygen atoms in total. The predicted molar refractivity (Wildman–Crippen MR) is 150 cm³/mol. The number of amides is 1. The van der Waals surface area contributed by atoms with Gasteiger partial charge in [0.05, 0.1) is 17.5 Å². The lowest BCUT2D eigenvalue weighted by Crippen LogP contribution is -2.51. The molecule has 1 N–H and O–H groups in total. The topological polar surface area (TPSA) is 107 Å². The van der Waals surface area contributed by atoms with Gasteiger partial charge < -0.3 is 14.7 Å². The van der Waals surface area contributed by atoms with Gasteiger partial charge in [-0.2, -0.15) is 0 Å². The molecule has 3 aromatic heterocycles. The van der Waals surface area contributed by atoms with Crippen molar-refractivity contribution in [3.8, 4) is 11.6 Å². The lowest BCUT2D eigenvalue weighted by atomic mass is 9.85. The number of piperidine rings is 1. The van der Waals surface area contributed by atoms with Crippen LogP contribution in [0.15, 0.2) is 53.7 Å². The van der Waals surface area contributed by atoms with Gasteiger partial charge in [0.25, 0.3) is 5.56 Å². The second-order valence-corrected chi connectivity index (χ2v) is 11.5. The van der Waals surface area contributed by atoms with Crippen LogP contribution in [-0.4, -0.2) is 64.6 Å². The Labute approximate surface area is 237 Å². The molecular weight excluding hydrogens is 527 g/mol. The molecule has 1 saturated heterocycles. The number of carbonyl (C=O) groups excluding carboxylic acids is 1. The first kappa shape index (κ1) is 27.2. The third kappa shape index (κ3) is 5.50. The molecule has 0 unspecified atom stereocenters. The second kappa shape index (κ2) is 10.8. The Balaban J connectivity index is 1.07. The summed E-state index contributed by atoms with van der Waals surface area (Å²) in [7, 11) is 1.85. The van der Waals surface area contributed by atoms with E-state index in [9.17, 15) is 19.1 Å². The number of nitrogens with zero attached hydrogens (tertiary/aromatic N) is 6. The lowest BCUT2D eigenvalue weighted by molar-refractivity contribution is -0.141. The Morgan fingerprint density at radius 1 is 1.12 bits per heavy atom. The van der Waals surface area contributed by atoms with Crippen LogP contribution in [0.3, 0.4) is 0 Å². The van der Waals surface area contributed by atoms with Crippen molar-refractivity contribution in [3.05, 3.63) is 70.8 Å². The Bertz CT molecular complexity index is 1610. The number of aliphatic hydroxyl groups is 1. The molecule has 4 aromatic rings. The standard InChI is InChI=1S/C30H35FN6O4/c1-20-17-25-27(37(20)23-7-5-22(31)6-8-23)32-19-36(29(25)39)18-30(40)12-15-35(16-13-30)28(38)21-3-9-24(10-4-21)41-26-11-14-34(2)33-26/h5-8,11,14,17,19,21,24,40H,3-4,9-10,12-13,15-16,18H2,1-2H3. The minimum Gasteiger partial charge on any atom is -0.473 e. The molecule has 6 rings (SSSR count). The summed E-state index contributed by atoms with van der Waals surface area (Å²) >= 11 is 0. The van der Waals surface area contributed by atoms with Crippen molar-refractivity contribution in [2.45, 2.75) is 63.7 Å². The first-order valence-electron chi connectivity index (χ1n) is 14.2. The van der Waals surface area contributed by atoms with Crippen LogP contribution in [0.4, 0.5) is 4.39 Å². The molecule has 41 heavy (non-hydrogen) atoms. The average molecular weight is 563 g/mol. The summed E-state index contributed by atoms with van der Waals surface area (Å²) < 4.78 is 24.4. The number of rotatable bonds is 6. The van der Waals surface area contributed by atoms with E-state index < -0.39 is 5.60 Å². The minimum absolute atomic E-state index is 0.0348. The van der Waals surface area contributed by atoms with Crippen LogP contribution in [0, 0.1) is 18.7 Å². The maximum Gasteiger partial charge on any atom is 0.262 e. The van der Waals surface area contributed by atoms with Crippen molar-refractivity contribution in [1.82, 2.24) is 28.8 Å². The van der Waals surface area contributed by atoms with Crippen molar-refractivity contribution in [1.29, 1.82) is 0 Å². The fourth-order valence-corrected chi connectivity index (χ4v) is 6.20. The van der Waals surface area contributed by atoms with E-state index >= 15 is 0 Å². The van der Waals surface area contributed by atoms with Gasteiger partial charge in [-0.25, -0.2) is 9.37 Å². The largest absolute Gasteiger partial charge is 0.473 e. The SMILES string of the molecule is Cc1cc2c(=O)n(CC3(O)CCN(C(=O)C4CCC(Oc5ccn(C)n5)CC4)CC3)cnc2n1-c1ccc(F)cc1. The van der Waals surface area contributed by atoms with Crippen molar-refractivity contribution < 1.29 is 19.0 Å². The van der Waals surface area contributed by atoms with E-state index in [1.165, 1.54) is 23.0 Å². The molecule has 1 saturated carbocycles. The van der Waals surface area contributed by atoms with E-state index in [-0.39, 0.29) is 35.9 Å². The number of likely N-dealkylation sites (tertiary alicyclic amines) is 1. The highest BCUT2D eigenvalue weighted by atomic mass is 19.1. The van der Waals surface area contributed by atoms with Gasteiger partial charge in [-0.05, 0) is 75.8 Å². The van der Waals surface area contributed by atoms with Gasteiger partial charge in [-0.3, -0.25) is 23.4 Å². The summed E-state index contributed by atoms with van der Waals surface area (Å²) in [6.45, 7) is 2.87. The number of aromatic nitrogens is 5. The van der Waals surface area contributed by atoms with Gasteiger partial charge >= 0.3 is 0 Å². The molecule has 11 heteroatoms. The fraction of sp³-hybridized carbons (Fsp3) is 0.467. The maximum atomic E-state index is 13.4. The number of aryl methyl sites for hydroxylation is 2. The summed E-state index contributed by atoms with van der Waals surface area (Å²) in [6, 6.07) is 9.66. The highest BCUT2D eigenvalue weighted by molar-refractivity contribution is 5.79. The van der Waals surface area contributed by atoms with E-state index in [1.54, 1.807) is 22.9 Å². The van der Waals surface area contributed by atoms with Crippen molar-refractivity contribution in [3.63, 3.8) is 0 Å². The van der Waals surface area contributed by atoms with E-state index in [2.05, 4.69) is 10.1 Å². The van der Waals surface area contributed by atoms with E-state index in [0.29, 0.717) is 48.5 Å². The number of fused-ring (bicyclic) bond motifs is 1. The molecule has 2 aliphatic rings. The van der Waals surface area contributed by atoms with Gasteiger partial charge in [0.2, 0.25) is 11.8 Å². The summed E-state index contributed by atoms with van der Waals surface area (Å²) in [4.78, 5) is 33.0. The zero-order valence-electron chi connectivity index (χ0n) is 23.4. The summed E-state index contributed by atoms with van der Waals surface area (Å²) in [5.41, 5.74) is 0.655. The number of hydrogen-bond acceptors (Lipinski definition) is 6. The van der Waals surface area contributed by atoms with Gasteiger partial charge in [0, 0.05) is 49.7 Å². The van der Waals surface area contributed by atoms with Gasteiger partial charge in [0.1, 0.15) is 18.2 Å². The van der Waals surface area contributed by atoms with Crippen molar-refractivity contribution in [2.24, 2.45) is 13.0 Å². The Morgan fingerprint density at radius 2 is 1.83 bits per heavy atom. The zero-order valence-corrected chi connectivity index (χ0v) is 23.4. The zero-order chi connectivity index (χ0) is 28.7. The van der Waals surface area contributed by atoms with E-state index in [1.807, 2.05) is 35.7 Å². The number of benzene rings is 1. The van der Waals surface area contributed by atoms with Crippen LogP contribution in [0.1, 0.15) is 44.2 Å². The summed E-state index contributed by atoms with van der Waals surface area (Å²) in [6.07, 6.45) is 7.32. The molecule has 1 aliphatic carbocycles. The quantitative estimate of drug-likeness (QED) is 0.386. The molecule has 0 bridgehead atoms. The molecule has 1 aromatic carbocycles. The first-order valence-corrected chi connectivity index (χ1v) is 14.2. The lowest BCUT2D eigenvalue weighted by Gasteiger charge is -2.40. The smallest absolute Gasteiger partial charge is 0.262 e. The van der Waals surface area contributed by atoms with Crippen LogP contribution in [0.25, 0.3) is 16.7 Å². The third-order valence-electron chi connectivity index (χ3n) is 8.52. The molecule has 1 amide bonds. The van der Waals surface area contributed by atoms with E-state index in [4.69, 9.17) is 4.74 Å². The van der Waals surface area contributed by atoms with E-state index in [0.717, 1.165) is 31.4 Å². The molecule has 4 heterocycles. The van der Waals surface area contributed by atoms with Gasteiger partial charge in [0.15, 0.2) is 5.65 Å². The normalized spacial score (nSPS) is 20.8. The summed E-state index contributed by atoms with van der Waals surface area (Å²) in [5, 5.41) is 16.1. The van der Waals surface area contributed by atoms with Gasteiger partial charge in [-0.15, -0.1) is 5.10 Å². The van der Waals surface area contributed by atoms with Gasteiger partial charge in [-0.1, -0.05) is 0 Å². The molecule has 2 fully saturated rings. The maximum absolute atomic E-state index is 13.4. The molecule has 0 radical (unpaired) electrons. The highest BCUT2D eigenvalue weighted by Crippen LogP contribution is 2.31. The van der Waals surface area contributed by atoms with Crippen LogP contribution < -0.4 is 10.3 Å². The third-order valence-corrected chi connectivity index (χ3v) is 8.52. The number of hydrogen-bond donors (Lipinski definition) is 1. The Hall–Kier alpha value is -3.99. The summed E-state index contributed by atoms with van der Waals surface area (Å²) in [5.74, 6) is 0.387. The number of halogens is 1. The molecule has 216 valence electrons. The van der Waals surface area contributed by atoms with Crippen LogP contribution in [-0.2, 0) is 18.4 Å². The molecule has 0 spiro atoms. The van der Waals surface area contributed by atoms with Crippen molar-refractivity contribution >= 4 is 16.9 Å². The molecule has 0 atom stereocenters. The average Bonchev–Trinajstić information content (AvgIpc) is 3.53. The van der Waals surface area contributed by atoms with Crippen LogP contribution in [0.5, 0.6) is 5.88 Å². The second-order valence-electron chi connectivity index (χ2n) is 11.5. The number of ether oxygens (including phenoxy) is 1. The predicted octanol–water partition coefficient (Wildman–Crippen LogP) is 3.36. The Kier molecular flexibility index (Phi) is 7.14. The Morgan fingerprint density at radius 3 is 2.49 bits per heavy atom.